The van der Waals surface area contributed by atoms with Crippen molar-refractivity contribution in [3.63, 3.8) is 0 Å². The highest BCUT2D eigenvalue weighted by atomic mass is 19.1. The lowest BCUT2D eigenvalue weighted by atomic mass is 9.76. The summed E-state index contributed by atoms with van der Waals surface area (Å²) in [6.45, 7) is 0.245. The first-order valence-electron chi connectivity index (χ1n) is 13.1. The highest BCUT2D eigenvalue weighted by Crippen LogP contribution is 2.44. The molecule has 1 saturated carbocycles. The molecule has 1 aliphatic heterocycles. The van der Waals surface area contributed by atoms with Crippen LogP contribution in [0.5, 0.6) is 0 Å². The van der Waals surface area contributed by atoms with Gasteiger partial charge in [0.25, 0.3) is 5.91 Å². The van der Waals surface area contributed by atoms with Crippen LogP contribution in [0.25, 0.3) is 0 Å². The maximum absolute atomic E-state index is 16.9. The van der Waals surface area contributed by atoms with Gasteiger partial charge in [0.05, 0.1) is 22.9 Å². The minimum absolute atomic E-state index is 0.0386. The second-order valence-corrected chi connectivity index (χ2v) is 10.4. The molecule has 2 atom stereocenters. The summed E-state index contributed by atoms with van der Waals surface area (Å²) in [5, 5.41) is 20.4. The lowest BCUT2D eigenvalue weighted by Crippen LogP contribution is -2.56. The molecule has 2 unspecified atom stereocenters. The molecule has 0 radical (unpaired) electrons. The predicted octanol–water partition coefficient (Wildman–Crippen LogP) is 3.66. The van der Waals surface area contributed by atoms with Crippen LogP contribution in [0.15, 0.2) is 78.5 Å². The fraction of sp³-hybridized carbons (Fsp3) is 0.258. The Labute approximate surface area is 232 Å². The molecule has 40 heavy (non-hydrogen) atoms. The summed E-state index contributed by atoms with van der Waals surface area (Å²) in [6.07, 6.45) is 4.84. The summed E-state index contributed by atoms with van der Waals surface area (Å²) in [5.74, 6) is -1.03. The lowest BCUT2D eigenvalue weighted by molar-refractivity contribution is -0.122. The van der Waals surface area contributed by atoms with E-state index in [4.69, 9.17) is 17.2 Å². The van der Waals surface area contributed by atoms with Crippen LogP contribution in [0.1, 0.15) is 53.5 Å². The molecule has 0 bridgehead atoms. The average Bonchev–Trinajstić information content (AvgIpc) is 3.73. The maximum atomic E-state index is 16.9. The topological polar surface area (TPSA) is 158 Å². The monoisotopic (exact) mass is 535 g/mol. The first-order chi connectivity index (χ1) is 19.3. The highest BCUT2D eigenvalue weighted by molar-refractivity contribution is 5.94. The molecular weight excluding hydrogens is 505 g/mol. The zero-order valence-electron chi connectivity index (χ0n) is 21.9. The summed E-state index contributed by atoms with van der Waals surface area (Å²) in [4.78, 5) is 13.3. The van der Waals surface area contributed by atoms with E-state index >= 15 is 4.39 Å². The van der Waals surface area contributed by atoms with Crippen molar-refractivity contribution in [2.75, 3.05) is 5.01 Å². The number of hydrazine groups is 1. The molecule has 5 rings (SSSR count). The Balaban J connectivity index is 1.70. The van der Waals surface area contributed by atoms with E-state index in [-0.39, 0.29) is 23.4 Å². The fourth-order valence-electron chi connectivity index (χ4n) is 5.46. The van der Waals surface area contributed by atoms with Crippen molar-refractivity contribution in [2.24, 2.45) is 23.1 Å². The fourth-order valence-corrected chi connectivity index (χ4v) is 5.46. The average molecular weight is 536 g/mol. The number of primary amides is 1. The third kappa shape index (κ3) is 4.56. The zero-order valence-corrected chi connectivity index (χ0v) is 21.9. The zero-order chi connectivity index (χ0) is 28.5. The molecule has 1 aliphatic carbocycles. The predicted molar refractivity (Wildman–Crippen MR) is 149 cm³/mol. The molecule has 2 aliphatic rings. The van der Waals surface area contributed by atoms with Crippen LogP contribution in [-0.4, -0.2) is 5.91 Å². The van der Waals surface area contributed by atoms with E-state index in [2.05, 4.69) is 11.5 Å². The van der Waals surface area contributed by atoms with Gasteiger partial charge in [0.15, 0.2) is 5.54 Å². The Morgan fingerprint density at radius 3 is 2.45 bits per heavy atom. The number of benzene rings is 3. The number of carbonyl (C=O) groups excluding carboxylic acids is 1. The second kappa shape index (κ2) is 10.5. The van der Waals surface area contributed by atoms with Crippen LogP contribution in [0.2, 0.25) is 0 Å². The van der Waals surface area contributed by atoms with Crippen LogP contribution < -0.4 is 27.6 Å². The molecule has 202 valence electrons. The normalized spacial score (nSPS) is 19.6. The van der Waals surface area contributed by atoms with Crippen LogP contribution in [0, 0.1) is 34.4 Å². The van der Waals surface area contributed by atoms with E-state index in [1.54, 1.807) is 54.6 Å². The summed E-state index contributed by atoms with van der Waals surface area (Å²) >= 11 is 0. The number of hydrogen-bond donors (Lipinski definition) is 4. The summed E-state index contributed by atoms with van der Waals surface area (Å²) in [5.41, 5.74) is 21.3. The Bertz CT molecular complexity index is 1570. The number of allylic oxidation sites excluding steroid dienone is 1. The van der Waals surface area contributed by atoms with Gasteiger partial charge in [0, 0.05) is 17.7 Å². The van der Waals surface area contributed by atoms with Crippen LogP contribution in [0.4, 0.5) is 10.1 Å². The summed E-state index contributed by atoms with van der Waals surface area (Å²) in [7, 11) is 0. The number of anilines is 1. The third-order valence-corrected chi connectivity index (χ3v) is 7.90. The van der Waals surface area contributed by atoms with Crippen molar-refractivity contribution in [1.29, 1.82) is 10.5 Å². The first kappa shape index (κ1) is 26.9. The number of nitriles is 2. The Kier molecular flexibility index (Phi) is 7.03. The number of amides is 1. The molecule has 7 N–H and O–H groups in total. The van der Waals surface area contributed by atoms with Crippen molar-refractivity contribution >= 4 is 11.6 Å². The smallest absolute Gasteiger partial charge is 0.254 e. The van der Waals surface area contributed by atoms with Crippen LogP contribution in [0.3, 0.4) is 0 Å². The number of hydrogen-bond acceptors (Lipinski definition) is 7. The maximum Gasteiger partial charge on any atom is 0.254 e. The number of carbonyl (C=O) groups is 1. The van der Waals surface area contributed by atoms with E-state index < -0.39 is 22.8 Å². The van der Waals surface area contributed by atoms with Gasteiger partial charge < -0.3 is 17.2 Å². The molecular formula is C31H30FN7O. The molecule has 1 heterocycles. The van der Waals surface area contributed by atoms with E-state index in [9.17, 15) is 15.3 Å². The van der Waals surface area contributed by atoms with Gasteiger partial charge in [-0.25, -0.2) is 4.39 Å². The molecule has 8 nitrogen and oxygen atoms in total. The molecule has 1 amide bonds. The van der Waals surface area contributed by atoms with Gasteiger partial charge in [0.2, 0.25) is 0 Å². The largest absolute Gasteiger partial charge is 0.367 e. The van der Waals surface area contributed by atoms with Gasteiger partial charge in [-0.2, -0.15) is 10.5 Å². The van der Waals surface area contributed by atoms with E-state index in [0.29, 0.717) is 29.2 Å². The third-order valence-electron chi connectivity index (χ3n) is 7.90. The van der Waals surface area contributed by atoms with E-state index in [1.165, 1.54) is 17.2 Å². The van der Waals surface area contributed by atoms with Gasteiger partial charge in [-0.15, -0.1) is 0 Å². The molecule has 0 saturated heterocycles. The highest BCUT2D eigenvalue weighted by Gasteiger charge is 2.51. The number of nitrogens with two attached hydrogens (primary N) is 3. The molecule has 9 heteroatoms. The standard InChI is InChI=1S/C31H30FN7O/c32-28-26(30(37,14-13-20-7-8-20)23-11-9-21(17-33)10-12-23)5-2-6-27(28)31(29(36)40)16-24(19-35)38-39(31)25-4-1-3-22(15-25)18-34/h1-6,9-12,15-16,20,38H,7-8,13-14,18,34,37H2,(H2,36,40). The molecule has 0 aromatic heterocycles. The minimum atomic E-state index is -1.87. The Morgan fingerprint density at radius 1 is 1.10 bits per heavy atom. The molecule has 3 aromatic carbocycles. The number of rotatable bonds is 9. The lowest BCUT2D eigenvalue weighted by Gasteiger charge is -2.38. The molecule has 0 spiro atoms. The van der Waals surface area contributed by atoms with Gasteiger partial charge in [-0.05, 0) is 60.2 Å². The van der Waals surface area contributed by atoms with Crippen LogP contribution in [-0.2, 0) is 22.4 Å². The summed E-state index contributed by atoms with van der Waals surface area (Å²) in [6, 6.07) is 22.7. The Hall–Kier alpha value is -4.70. The quantitative estimate of drug-likeness (QED) is 0.325. The van der Waals surface area contributed by atoms with Crippen molar-refractivity contribution < 1.29 is 9.18 Å². The van der Waals surface area contributed by atoms with Crippen LogP contribution >= 0.6 is 0 Å². The summed E-state index contributed by atoms with van der Waals surface area (Å²) < 4.78 is 16.9. The van der Waals surface area contributed by atoms with Crippen molar-refractivity contribution in [1.82, 2.24) is 5.43 Å². The number of nitrogens with zero attached hydrogens (tertiary/aromatic N) is 3. The number of nitrogens with one attached hydrogen (secondary N) is 1. The Morgan fingerprint density at radius 2 is 1.82 bits per heavy atom. The van der Waals surface area contributed by atoms with Gasteiger partial charge in [-0.3, -0.25) is 15.2 Å². The van der Waals surface area contributed by atoms with E-state index in [1.807, 2.05) is 12.1 Å². The second-order valence-electron chi connectivity index (χ2n) is 10.4. The van der Waals surface area contributed by atoms with Crippen molar-refractivity contribution in [3.8, 4) is 12.1 Å². The molecule has 3 aromatic rings. The first-order valence-corrected chi connectivity index (χ1v) is 13.1. The molecule has 1 fully saturated rings. The van der Waals surface area contributed by atoms with Crippen molar-refractivity contribution in [3.05, 3.63) is 112 Å². The van der Waals surface area contributed by atoms with E-state index in [0.717, 1.165) is 24.8 Å². The number of halogens is 1. The minimum Gasteiger partial charge on any atom is -0.367 e. The van der Waals surface area contributed by atoms with Gasteiger partial charge in [-0.1, -0.05) is 55.3 Å². The van der Waals surface area contributed by atoms with Gasteiger partial charge >= 0.3 is 0 Å². The van der Waals surface area contributed by atoms with Gasteiger partial charge in [0.1, 0.15) is 17.6 Å². The van der Waals surface area contributed by atoms with Crippen molar-refractivity contribution in [2.45, 2.75) is 43.3 Å². The SMILES string of the molecule is N#CC1=CC(C(N)=O)(c2cccc(C(N)(CCC3CC3)c3ccc(C#N)cc3)c2F)N(c2cccc(CN)c2)N1.